The topological polar surface area (TPSA) is 35.5 Å². The van der Waals surface area contributed by atoms with Gasteiger partial charge in [0.2, 0.25) is 0 Å². The van der Waals surface area contributed by atoms with Gasteiger partial charge in [0, 0.05) is 0 Å². The second-order valence-electron chi connectivity index (χ2n) is 7.66. The Bertz CT molecular complexity index is 505. The van der Waals surface area contributed by atoms with Gasteiger partial charge in [-0.3, -0.25) is 0 Å². The zero-order valence-electron chi connectivity index (χ0n) is 14.4. The van der Waals surface area contributed by atoms with Gasteiger partial charge in [0.1, 0.15) is 6.10 Å². The van der Waals surface area contributed by atoms with Crippen LogP contribution in [0.3, 0.4) is 0 Å². The molecule has 1 aliphatic carbocycles. The maximum Gasteiger partial charge on any atom is 0.338 e. The summed E-state index contributed by atoms with van der Waals surface area (Å²) in [6, 6.07) is 9.20. The minimum atomic E-state index is -1.83. The summed E-state index contributed by atoms with van der Waals surface area (Å²) in [5.74, 6) is -0.240. The second-order valence-corrected chi connectivity index (χ2v) is 12.4. The Hall–Kier alpha value is -1.13. The lowest BCUT2D eigenvalue weighted by Crippen LogP contribution is -2.46. The molecule has 0 unspecified atom stereocenters. The largest absolute Gasteiger partial charge is 0.456 e. The summed E-state index contributed by atoms with van der Waals surface area (Å²) in [7, 11) is -1.83. The van der Waals surface area contributed by atoms with Crippen LogP contribution in [0.15, 0.2) is 30.3 Å². The third-order valence-electron chi connectivity index (χ3n) is 4.91. The van der Waals surface area contributed by atoms with Crippen LogP contribution < -0.4 is 0 Å². The fourth-order valence-electron chi connectivity index (χ4n) is 2.50. The maximum absolute atomic E-state index is 12.2. The molecule has 1 fully saturated rings. The van der Waals surface area contributed by atoms with Crippen molar-refractivity contribution in [1.82, 2.24) is 0 Å². The summed E-state index contributed by atoms with van der Waals surface area (Å²) in [4.78, 5) is 12.2. The molecular weight excluding hydrogens is 292 g/mol. The van der Waals surface area contributed by atoms with E-state index in [0.717, 1.165) is 19.3 Å². The highest BCUT2D eigenvalue weighted by atomic mass is 28.4. The number of hydrogen-bond donors (Lipinski definition) is 0. The quantitative estimate of drug-likeness (QED) is 0.591. The maximum atomic E-state index is 12.2. The average Bonchev–Trinajstić information content (AvgIpc) is 2.85. The summed E-state index contributed by atoms with van der Waals surface area (Å²) < 4.78 is 12.2. The highest BCUT2D eigenvalue weighted by Crippen LogP contribution is 2.40. The lowest BCUT2D eigenvalue weighted by Gasteiger charge is -2.39. The molecule has 0 aromatic heterocycles. The molecule has 2 rings (SSSR count). The molecule has 0 spiro atoms. The van der Waals surface area contributed by atoms with E-state index in [2.05, 4.69) is 33.9 Å². The molecule has 0 radical (unpaired) electrons. The molecule has 122 valence electrons. The van der Waals surface area contributed by atoms with Crippen molar-refractivity contribution in [3.8, 4) is 0 Å². The van der Waals surface area contributed by atoms with Crippen LogP contribution in [0.4, 0.5) is 0 Å². The summed E-state index contributed by atoms with van der Waals surface area (Å²) in [6.45, 7) is 11.2. The number of rotatable bonds is 4. The first kappa shape index (κ1) is 17.2. The Balaban J connectivity index is 2.01. The van der Waals surface area contributed by atoms with Gasteiger partial charge >= 0.3 is 5.97 Å². The van der Waals surface area contributed by atoms with Gasteiger partial charge < -0.3 is 9.16 Å². The summed E-state index contributed by atoms with van der Waals surface area (Å²) >= 11 is 0. The Morgan fingerprint density at radius 2 is 1.68 bits per heavy atom. The van der Waals surface area contributed by atoms with E-state index in [-0.39, 0.29) is 23.2 Å². The van der Waals surface area contributed by atoms with Crippen molar-refractivity contribution in [2.24, 2.45) is 0 Å². The Morgan fingerprint density at radius 1 is 1.09 bits per heavy atom. The van der Waals surface area contributed by atoms with Gasteiger partial charge in [-0.2, -0.15) is 0 Å². The molecule has 0 aliphatic heterocycles. The van der Waals surface area contributed by atoms with E-state index < -0.39 is 8.32 Å². The van der Waals surface area contributed by atoms with Crippen LogP contribution in [0, 0.1) is 0 Å². The number of benzene rings is 1. The number of carbonyl (C=O) groups excluding carboxylic acids is 1. The smallest absolute Gasteiger partial charge is 0.338 e. The Kier molecular flexibility index (Phi) is 5.13. The fraction of sp³-hybridized carbons (Fsp3) is 0.611. The minimum absolute atomic E-state index is 0.0496. The third-order valence-corrected chi connectivity index (χ3v) is 9.42. The first-order valence-electron chi connectivity index (χ1n) is 8.14. The van der Waals surface area contributed by atoms with Crippen LogP contribution in [0.25, 0.3) is 0 Å². The zero-order chi connectivity index (χ0) is 16.4. The number of ether oxygens (including phenoxy) is 1. The van der Waals surface area contributed by atoms with Gasteiger partial charge in [-0.05, 0) is 49.5 Å². The molecule has 0 heterocycles. The van der Waals surface area contributed by atoms with Crippen molar-refractivity contribution in [3.63, 3.8) is 0 Å². The molecular formula is C18H28O3Si. The molecule has 0 saturated heterocycles. The lowest BCUT2D eigenvalue weighted by atomic mass is 10.2. The van der Waals surface area contributed by atoms with Gasteiger partial charge in [-0.15, -0.1) is 0 Å². The molecule has 2 atom stereocenters. The van der Waals surface area contributed by atoms with E-state index in [1.165, 1.54) is 0 Å². The zero-order valence-corrected chi connectivity index (χ0v) is 15.4. The average molecular weight is 321 g/mol. The van der Waals surface area contributed by atoms with E-state index in [4.69, 9.17) is 9.16 Å². The van der Waals surface area contributed by atoms with E-state index in [1.807, 2.05) is 18.2 Å². The second kappa shape index (κ2) is 6.55. The number of hydrogen-bond acceptors (Lipinski definition) is 3. The summed E-state index contributed by atoms with van der Waals surface area (Å²) in [5.41, 5.74) is 0.612. The van der Waals surface area contributed by atoms with Gasteiger partial charge in [0.15, 0.2) is 8.32 Å². The van der Waals surface area contributed by atoms with Gasteiger partial charge in [-0.1, -0.05) is 39.0 Å². The van der Waals surface area contributed by atoms with Crippen molar-refractivity contribution in [2.75, 3.05) is 0 Å². The molecule has 22 heavy (non-hydrogen) atoms. The first-order valence-corrected chi connectivity index (χ1v) is 11.1. The lowest BCUT2D eigenvalue weighted by molar-refractivity contribution is -0.00117. The SMILES string of the molecule is CC(C)(C)[Si](C)(C)O[C@@H]1CCC[C@@H]1OC(=O)c1ccccc1. The highest BCUT2D eigenvalue weighted by Gasteiger charge is 2.42. The van der Waals surface area contributed by atoms with Gasteiger partial charge in [0.25, 0.3) is 0 Å². The van der Waals surface area contributed by atoms with Crippen LogP contribution in [0.2, 0.25) is 18.1 Å². The van der Waals surface area contributed by atoms with E-state index in [9.17, 15) is 4.79 Å². The van der Waals surface area contributed by atoms with Crippen molar-refractivity contribution < 1.29 is 14.0 Å². The monoisotopic (exact) mass is 320 g/mol. The summed E-state index contributed by atoms with van der Waals surface area (Å²) in [5, 5.41) is 0.170. The molecule has 3 nitrogen and oxygen atoms in total. The van der Waals surface area contributed by atoms with Crippen molar-refractivity contribution in [1.29, 1.82) is 0 Å². The predicted molar refractivity (Wildman–Crippen MR) is 91.6 cm³/mol. The van der Waals surface area contributed by atoms with Crippen LogP contribution >= 0.6 is 0 Å². The first-order chi connectivity index (χ1) is 10.2. The van der Waals surface area contributed by atoms with Crippen LogP contribution in [-0.2, 0) is 9.16 Å². The molecule has 1 saturated carbocycles. The van der Waals surface area contributed by atoms with E-state index in [0.29, 0.717) is 5.56 Å². The van der Waals surface area contributed by atoms with Crippen LogP contribution in [-0.4, -0.2) is 26.5 Å². The van der Waals surface area contributed by atoms with Crippen LogP contribution in [0.5, 0.6) is 0 Å². The fourth-order valence-corrected chi connectivity index (χ4v) is 3.88. The molecule has 1 aromatic rings. The van der Waals surface area contributed by atoms with E-state index >= 15 is 0 Å². The summed E-state index contributed by atoms with van der Waals surface area (Å²) in [6.07, 6.45) is 2.89. The standard InChI is InChI=1S/C18H28O3Si/c1-18(2,3)22(4,5)21-16-13-9-12-15(16)20-17(19)14-10-7-6-8-11-14/h6-8,10-11,15-16H,9,12-13H2,1-5H3/t15-,16+/m0/s1. The Morgan fingerprint density at radius 3 is 2.27 bits per heavy atom. The molecule has 1 aliphatic rings. The number of carbonyl (C=O) groups is 1. The molecule has 0 amide bonds. The predicted octanol–water partition coefficient (Wildman–Crippen LogP) is 4.79. The van der Waals surface area contributed by atoms with Gasteiger partial charge in [0.05, 0.1) is 11.7 Å². The van der Waals surface area contributed by atoms with Gasteiger partial charge in [-0.25, -0.2) is 4.79 Å². The normalized spacial score (nSPS) is 22.6. The van der Waals surface area contributed by atoms with Crippen LogP contribution in [0.1, 0.15) is 50.4 Å². The molecule has 1 aromatic carbocycles. The van der Waals surface area contributed by atoms with E-state index in [1.54, 1.807) is 12.1 Å². The molecule has 0 bridgehead atoms. The minimum Gasteiger partial charge on any atom is -0.456 e. The molecule has 4 heteroatoms. The van der Waals surface area contributed by atoms with Crippen molar-refractivity contribution in [3.05, 3.63) is 35.9 Å². The number of esters is 1. The Labute approximate surface area is 135 Å². The van der Waals surface area contributed by atoms with Crippen molar-refractivity contribution >= 4 is 14.3 Å². The third kappa shape index (κ3) is 3.99. The van der Waals surface area contributed by atoms with Crippen molar-refractivity contribution in [2.45, 2.75) is 70.4 Å². The molecule has 0 N–H and O–H groups in total. The highest BCUT2D eigenvalue weighted by molar-refractivity contribution is 6.74.